The van der Waals surface area contributed by atoms with E-state index in [0.717, 1.165) is 26.1 Å². The Balaban J connectivity index is 2.04. The van der Waals surface area contributed by atoms with Crippen molar-refractivity contribution in [3.8, 4) is 0 Å². The average Bonchev–Trinajstić information content (AvgIpc) is 3.00. The summed E-state index contributed by atoms with van der Waals surface area (Å²) in [5, 5.41) is 0. The third-order valence-corrected chi connectivity index (χ3v) is 3.96. The van der Waals surface area contributed by atoms with Crippen LogP contribution in [0.1, 0.15) is 32.6 Å². The average molecular weight is 267 g/mol. The maximum absolute atomic E-state index is 5.90. The Bertz CT molecular complexity index is 338. The molecular formula is C15H25NO3. The Morgan fingerprint density at radius 2 is 2.16 bits per heavy atom. The summed E-state index contributed by atoms with van der Waals surface area (Å²) in [5.41, 5.74) is 1.21. The molecule has 1 atom stereocenters. The molecule has 2 rings (SSSR count). The number of allylic oxidation sites excluding steroid dienone is 2. The van der Waals surface area contributed by atoms with Gasteiger partial charge in [-0.3, -0.25) is 0 Å². The SMILES string of the molecule is CC[O+]=[C-]/C=C(/CC1CCCC12OCCO2)N(C)C. The van der Waals surface area contributed by atoms with Gasteiger partial charge < -0.3 is 18.8 Å². The number of rotatable bonds is 5. The lowest BCUT2D eigenvalue weighted by Crippen LogP contribution is -2.35. The second kappa shape index (κ2) is 6.53. The molecule has 0 aromatic carbocycles. The standard InChI is InChI=1S/C15H25NO3/c1-4-17-9-7-14(16(2)3)12-13-6-5-8-15(13)18-10-11-19-15/h7,13H,4-6,8,10-12H2,1-3H3/b14-7-. The van der Waals surface area contributed by atoms with Gasteiger partial charge >= 0.3 is 0 Å². The molecule has 2 fully saturated rings. The van der Waals surface area contributed by atoms with Gasteiger partial charge in [-0.05, 0) is 26.9 Å². The fourth-order valence-electron chi connectivity index (χ4n) is 2.94. The Kier molecular flexibility index (Phi) is 4.99. The van der Waals surface area contributed by atoms with Crippen LogP contribution in [-0.4, -0.2) is 50.9 Å². The highest BCUT2D eigenvalue weighted by molar-refractivity contribution is 5.67. The van der Waals surface area contributed by atoms with E-state index in [1.54, 1.807) is 0 Å². The van der Waals surface area contributed by atoms with Crippen LogP contribution < -0.4 is 0 Å². The molecule has 4 heteroatoms. The first-order valence-corrected chi connectivity index (χ1v) is 7.19. The summed E-state index contributed by atoms with van der Waals surface area (Å²) in [7, 11) is 4.11. The van der Waals surface area contributed by atoms with Crippen molar-refractivity contribution in [3.05, 3.63) is 11.8 Å². The zero-order valence-corrected chi connectivity index (χ0v) is 12.3. The zero-order valence-electron chi connectivity index (χ0n) is 12.3. The zero-order chi connectivity index (χ0) is 13.7. The van der Waals surface area contributed by atoms with Crippen molar-refractivity contribution in [3.63, 3.8) is 0 Å². The molecule has 0 N–H and O–H groups in total. The smallest absolute Gasteiger partial charge is 0.236 e. The molecule has 1 aliphatic heterocycles. The van der Waals surface area contributed by atoms with Crippen molar-refractivity contribution in [2.24, 2.45) is 5.92 Å². The van der Waals surface area contributed by atoms with Crippen LogP contribution in [0.2, 0.25) is 0 Å². The van der Waals surface area contributed by atoms with Gasteiger partial charge in [0.15, 0.2) is 5.79 Å². The predicted octanol–water partition coefficient (Wildman–Crippen LogP) is 2.03. The van der Waals surface area contributed by atoms with E-state index in [2.05, 4.69) is 25.3 Å². The van der Waals surface area contributed by atoms with Crippen molar-refractivity contribution in [2.75, 3.05) is 33.9 Å². The Morgan fingerprint density at radius 1 is 1.42 bits per heavy atom. The summed E-state index contributed by atoms with van der Waals surface area (Å²) in [6.45, 7) is 4.07. The van der Waals surface area contributed by atoms with E-state index in [0.29, 0.717) is 12.5 Å². The third kappa shape index (κ3) is 3.37. The van der Waals surface area contributed by atoms with Crippen molar-refractivity contribution in [2.45, 2.75) is 38.4 Å². The van der Waals surface area contributed by atoms with Gasteiger partial charge in [0, 0.05) is 19.3 Å². The predicted molar refractivity (Wildman–Crippen MR) is 74.6 cm³/mol. The second-order valence-electron chi connectivity index (χ2n) is 5.38. The summed E-state index contributed by atoms with van der Waals surface area (Å²) < 4.78 is 17.0. The van der Waals surface area contributed by atoms with Gasteiger partial charge in [0.1, 0.15) is 0 Å². The number of hydrogen-bond acceptors (Lipinski definition) is 3. The van der Waals surface area contributed by atoms with Gasteiger partial charge in [-0.25, -0.2) is 0 Å². The Labute approximate surface area is 116 Å². The van der Waals surface area contributed by atoms with Crippen molar-refractivity contribution >= 4 is 6.29 Å². The molecule has 1 spiro atoms. The van der Waals surface area contributed by atoms with Gasteiger partial charge in [0.05, 0.1) is 13.2 Å². The van der Waals surface area contributed by atoms with E-state index in [-0.39, 0.29) is 5.79 Å². The fourth-order valence-corrected chi connectivity index (χ4v) is 2.94. The first kappa shape index (κ1) is 14.5. The molecule has 2 aliphatic rings. The molecule has 1 aliphatic carbocycles. The maximum atomic E-state index is 5.90. The van der Waals surface area contributed by atoms with Gasteiger partial charge in [-0.1, -0.05) is 6.42 Å². The van der Waals surface area contributed by atoms with Crippen LogP contribution in [0.15, 0.2) is 11.8 Å². The van der Waals surface area contributed by atoms with Gasteiger partial charge in [0.25, 0.3) is 0 Å². The van der Waals surface area contributed by atoms with Crippen molar-refractivity contribution in [1.82, 2.24) is 4.90 Å². The Morgan fingerprint density at radius 3 is 2.79 bits per heavy atom. The lowest BCUT2D eigenvalue weighted by Gasteiger charge is -2.34. The Hall–Kier alpha value is -0.870. The number of nitrogens with zero attached hydrogens (tertiary/aromatic N) is 1. The minimum absolute atomic E-state index is 0.319. The van der Waals surface area contributed by atoms with Crippen LogP contribution in [0.3, 0.4) is 0 Å². The quantitative estimate of drug-likeness (QED) is 0.434. The molecule has 0 aromatic heterocycles. The van der Waals surface area contributed by atoms with Crippen molar-refractivity contribution in [1.29, 1.82) is 0 Å². The topological polar surface area (TPSA) is 33.0 Å². The van der Waals surface area contributed by atoms with E-state index in [1.165, 1.54) is 18.5 Å². The first-order valence-electron chi connectivity index (χ1n) is 7.19. The fraction of sp³-hybridized carbons (Fsp3) is 0.800. The van der Waals surface area contributed by atoms with Crippen LogP contribution >= 0.6 is 0 Å². The molecule has 0 bridgehead atoms. The summed E-state index contributed by atoms with van der Waals surface area (Å²) in [5.74, 6) is 0.118. The van der Waals surface area contributed by atoms with Crippen LogP contribution in [0, 0.1) is 5.92 Å². The molecule has 0 radical (unpaired) electrons. The van der Waals surface area contributed by atoms with Crippen LogP contribution in [0.4, 0.5) is 0 Å². The van der Waals surface area contributed by atoms with Gasteiger partial charge in [-0.2, -0.15) is 0 Å². The molecule has 1 heterocycles. The molecule has 108 valence electrons. The first-order chi connectivity index (χ1) is 9.18. The van der Waals surface area contributed by atoms with Crippen LogP contribution in [-0.2, 0) is 13.9 Å². The largest absolute Gasteiger partial charge is 0.457 e. The van der Waals surface area contributed by atoms with E-state index >= 15 is 0 Å². The molecular weight excluding hydrogens is 242 g/mol. The molecule has 0 aromatic rings. The van der Waals surface area contributed by atoms with E-state index in [1.807, 2.05) is 13.0 Å². The summed E-state index contributed by atoms with van der Waals surface area (Å²) >= 11 is 0. The number of carbonyl (C=O) groups excluding carboxylic acids is 1. The van der Waals surface area contributed by atoms with Crippen LogP contribution in [0.5, 0.6) is 0 Å². The van der Waals surface area contributed by atoms with Crippen molar-refractivity contribution < 1.29 is 13.9 Å². The van der Waals surface area contributed by atoms with Crippen LogP contribution in [0.25, 0.3) is 0 Å². The lowest BCUT2D eigenvalue weighted by molar-refractivity contribution is -0.181. The monoisotopic (exact) mass is 267 g/mol. The van der Waals surface area contributed by atoms with E-state index in [4.69, 9.17) is 13.9 Å². The molecule has 1 saturated carbocycles. The number of hydrogen-bond donors (Lipinski definition) is 0. The lowest BCUT2D eigenvalue weighted by atomic mass is 9.96. The molecule has 4 nitrogen and oxygen atoms in total. The highest BCUT2D eigenvalue weighted by atomic mass is 16.7. The molecule has 1 unspecified atom stereocenters. The molecule has 1 saturated heterocycles. The number of ether oxygens (including phenoxy) is 2. The van der Waals surface area contributed by atoms with Gasteiger partial charge in [-0.15, -0.1) is 11.8 Å². The van der Waals surface area contributed by atoms with E-state index < -0.39 is 0 Å². The normalized spacial score (nSPS) is 26.7. The molecule has 0 amide bonds. The highest BCUT2D eigenvalue weighted by Crippen LogP contribution is 2.45. The third-order valence-electron chi connectivity index (χ3n) is 3.96. The summed E-state index contributed by atoms with van der Waals surface area (Å²) in [6.07, 6.45) is 9.15. The summed E-state index contributed by atoms with van der Waals surface area (Å²) in [4.78, 5) is 2.12. The van der Waals surface area contributed by atoms with Gasteiger partial charge in [0.2, 0.25) is 12.9 Å². The summed E-state index contributed by atoms with van der Waals surface area (Å²) in [6, 6.07) is 0. The highest BCUT2D eigenvalue weighted by Gasteiger charge is 2.46. The molecule has 19 heavy (non-hydrogen) atoms. The minimum Gasteiger partial charge on any atom is -0.457 e. The van der Waals surface area contributed by atoms with E-state index in [9.17, 15) is 0 Å². The minimum atomic E-state index is -0.319. The second-order valence-corrected chi connectivity index (χ2v) is 5.38. The maximum Gasteiger partial charge on any atom is 0.236 e.